The zero-order valence-electron chi connectivity index (χ0n) is 7.26. The molecule has 0 bridgehead atoms. The Bertz CT molecular complexity index is 428. The van der Waals surface area contributed by atoms with Gasteiger partial charge in [0.05, 0.1) is 7.11 Å². The highest BCUT2D eigenvalue weighted by atomic mass is 31.1. The number of benzene rings is 1. The summed E-state index contributed by atoms with van der Waals surface area (Å²) in [6.45, 7) is 0. The molecular formula is C8H7O5P. The molecule has 0 aromatic heterocycles. The van der Waals surface area contributed by atoms with Gasteiger partial charge in [0, 0.05) is 5.56 Å². The molecule has 0 saturated carbocycles. The highest BCUT2D eigenvalue weighted by Gasteiger charge is 2.17. The van der Waals surface area contributed by atoms with Crippen molar-refractivity contribution < 1.29 is 23.8 Å². The molecule has 0 atom stereocenters. The number of hydrogen-bond acceptors (Lipinski definition) is 5. The topological polar surface area (TPSA) is 80.7 Å². The third-order valence-electron chi connectivity index (χ3n) is 1.66. The summed E-state index contributed by atoms with van der Waals surface area (Å²) in [5.74, 6) is -0.516. The van der Waals surface area contributed by atoms with Crippen molar-refractivity contribution in [3.05, 3.63) is 17.7 Å². The number of phenolic OH excluding ortho intramolecular Hbond substituents is 1. The molecule has 1 rings (SSSR count). The maximum absolute atomic E-state index is 10.8. The molecule has 0 unspecified atom stereocenters. The van der Waals surface area contributed by atoms with Gasteiger partial charge in [0.15, 0.2) is 17.8 Å². The van der Waals surface area contributed by atoms with Crippen LogP contribution in [0.4, 0.5) is 0 Å². The first-order chi connectivity index (χ1) is 6.61. The molecule has 1 N–H and O–H groups in total. The van der Waals surface area contributed by atoms with Crippen LogP contribution in [0.1, 0.15) is 10.4 Å². The van der Waals surface area contributed by atoms with Gasteiger partial charge in [-0.05, 0) is 12.1 Å². The van der Waals surface area contributed by atoms with Crippen molar-refractivity contribution in [2.24, 2.45) is 0 Å². The summed E-state index contributed by atoms with van der Waals surface area (Å²) < 4.78 is 26.3. The second-order valence-electron chi connectivity index (χ2n) is 2.43. The lowest BCUT2D eigenvalue weighted by molar-refractivity contribution is 0.112. The Morgan fingerprint density at radius 2 is 2.07 bits per heavy atom. The summed E-state index contributed by atoms with van der Waals surface area (Å²) in [5, 5.41) is 8.96. The minimum Gasteiger partial charge on any atom is -0.504 e. The normalized spacial score (nSPS) is 9.50. The number of hydrogen-bond donors (Lipinski definition) is 1. The second kappa shape index (κ2) is 4.07. The van der Waals surface area contributed by atoms with Crippen LogP contribution < -0.4 is 10.0 Å². The van der Waals surface area contributed by atoms with Crippen molar-refractivity contribution in [3.63, 3.8) is 0 Å². The largest absolute Gasteiger partial charge is 0.504 e. The number of aldehydes is 1. The Kier molecular flexibility index (Phi) is 3.04. The van der Waals surface area contributed by atoms with Crippen molar-refractivity contribution in [3.8, 4) is 11.5 Å². The number of aromatic hydroxyl groups is 1. The molecule has 0 aliphatic carbocycles. The molecule has 0 amide bonds. The summed E-state index contributed by atoms with van der Waals surface area (Å²) in [5.41, 5.74) is -0.0317. The van der Waals surface area contributed by atoms with Crippen molar-refractivity contribution in [1.29, 1.82) is 0 Å². The van der Waals surface area contributed by atoms with E-state index in [2.05, 4.69) is 4.74 Å². The summed E-state index contributed by atoms with van der Waals surface area (Å²) >= 11 is 0. The molecule has 1 aromatic carbocycles. The quantitative estimate of drug-likeness (QED) is 0.599. The molecule has 74 valence electrons. The van der Waals surface area contributed by atoms with Crippen LogP contribution >= 0.6 is 7.68 Å². The third-order valence-corrected chi connectivity index (χ3v) is 2.48. The summed E-state index contributed by atoms with van der Waals surface area (Å²) in [6.07, 6.45) is 0.391. The first-order valence-electron chi connectivity index (χ1n) is 3.61. The zero-order valence-corrected chi connectivity index (χ0v) is 8.15. The highest BCUT2D eigenvalue weighted by Crippen LogP contribution is 2.28. The molecular weight excluding hydrogens is 207 g/mol. The van der Waals surface area contributed by atoms with Crippen molar-refractivity contribution in [1.82, 2.24) is 0 Å². The molecule has 0 fully saturated rings. The van der Waals surface area contributed by atoms with E-state index in [1.807, 2.05) is 0 Å². The first-order valence-corrected chi connectivity index (χ1v) is 4.79. The number of carbonyl (C=O) groups is 1. The van der Waals surface area contributed by atoms with E-state index in [1.165, 1.54) is 19.2 Å². The fourth-order valence-electron chi connectivity index (χ4n) is 1.06. The van der Waals surface area contributed by atoms with E-state index in [9.17, 15) is 19.0 Å². The lowest BCUT2D eigenvalue weighted by atomic mass is 10.2. The van der Waals surface area contributed by atoms with Crippen LogP contribution in [-0.4, -0.2) is 18.5 Å². The van der Waals surface area contributed by atoms with E-state index in [-0.39, 0.29) is 22.4 Å². The molecule has 6 heteroatoms. The zero-order chi connectivity index (χ0) is 10.7. The Morgan fingerprint density at radius 3 is 2.50 bits per heavy atom. The SMILES string of the molecule is COc1c(O)ccc(C=O)c1P(=O)=O. The van der Waals surface area contributed by atoms with Gasteiger partial charge in [-0.25, -0.2) is 9.13 Å². The average molecular weight is 214 g/mol. The molecule has 0 heterocycles. The number of carbonyl (C=O) groups excluding carboxylic acids is 1. The molecule has 14 heavy (non-hydrogen) atoms. The number of ether oxygens (including phenoxy) is 1. The first kappa shape index (κ1) is 10.5. The highest BCUT2D eigenvalue weighted by molar-refractivity contribution is 7.41. The summed E-state index contributed by atoms with van der Waals surface area (Å²) in [7, 11) is -1.77. The van der Waals surface area contributed by atoms with Gasteiger partial charge in [-0.2, -0.15) is 0 Å². The molecule has 0 spiro atoms. The smallest absolute Gasteiger partial charge is 0.353 e. The van der Waals surface area contributed by atoms with Crippen LogP contribution in [0.3, 0.4) is 0 Å². The van der Waals surface area contributed by atoms with Gasteiger partial charge in [-0.1, -0.05) is 0 Å². The van der Waals surface area contributed by atoms with Gasteiger partial charge in [0.2, 0.25) is 0 Å². The van der Waals surface area contributed by atoms with Gasteiger partial charge in [-0.15, -0.1) is 0 Å². The fraction of sp³-hybridized carbons (Fsp3) is 0.125. The summed E-state index contributed by atoms with van der Waals surface area (Å²) in [4.78, 5) is 10.5. The van der Waals surface area contributed by atoms with E-state index < -0.39 is 7.68 Å². The van der Waals surface area contributed by atoms with Crippen LogP contribution in [0, 0.1) is 0 Å². The Labute approximate surface area is 80.1 Å². The lowest BCUT2D eigenvalue weighted by Crippen LogP contribution is -2.07. The van der Waals surface area contributed by atoms with Crippen LogP contribution in [0.15, 0.2) is 12.1 Å². The fourth-order valence-corrected chi connectivity index (χ4v) is 1.77. The second-order valence-corrected chi connectivity index (χ2v) is 3.39. The van der Waals surface area contributed by atoms with E-state index in [0.717, 1.165) is 0 Å². The summed E-state index contributed by atoms with van der Waals surface area (Å²) in [6, 6.07) is 2.41. The number of methoxy groups -OCH3 is 1. The van der Waals surface area contributed by atoms with Crippen LogP contribution in [-0.2, 0) is 9.13 Å². The lowest BCUT2D eigenvalue weighted by Gasteiger charge is -2.05. The molecule has 0 saturated heterocycles. The number of phenols is 1. The van der Waals surface area contributed by atoms with E-state index in [4.69, 9.17) is 0 Å². The van der Waals surface area contributed by atoms with E-state index >= 15 is 0 Å². The third kappa shape index (κ3) is 1.67. The molecule has 0 aliphatic rings. The predicted octanol–water partition coefficient (Wildman–Crippen LogP) is 1.01. The van der Waals surface area contributed by atoms with Crippen LogP contribution in [0.2, 0.25) is 0 Å². The van der Waals surface area contributed by atoms with Crippen molar-refractivity contribution in [2.75, 3.05) is 7.11 Å². The van der Waals surface area contributed by atoms with Crippen molar-refractivity contribution in [2.45, 2.75) is 0 Å². The molecule has 5 nitrogen and oxygen atoms in total. The van der Waals surface area contributed by atoms with Gasteiger partial charge < -0.3 is 9.84 Å². The maximum Gasteiger partial charge on any atom is 0.353 e. The van der Waals surface area contributed by atoms with Crippen LogP contribution in [0.5, 0.6) is 11.5 Å². The maximum atomic E-state index is 10.8. The minimum absolute atomic E-state index is 0.0317. The van der Waals surface area contributed by atoms with E-state index in [1.54, 1.807) is 0 Å². The average Bonchev–Trinajstić information content (AvgIpc) is 2.17. The predicted molar refractivity (Wildman–Crippen MR) is 48.0 cm³/mol. The Hall–Kier alpha value is -1.61. The standard InChI is InChI=1S/C8H7O5P/c1-13-7-6(10)3-2-5(4-9)8(7)14(11)12/h2-4,10H,1H3. The van der Waals surface area contributed by atoms with Crippen LogP contribution in [0.25, 0.3) is 0 Å². The molecule has 0 aliphatic heterocycles. The van der Waals surface area contributed by atoms with Gasteiger partial charge in [0.25, 0.3) is 0 Å². The van der Waals surface area contributed by atoms with Gasteiger partial charge >= 0.3 is 7.68 Å². The number of rotatable bonds is 3. The monoisotopic (exact) mass is 214 g/mol. The Balaban J connectivity index is 3.60. The molecule has 1 aromatic rings. The molecule has 0 radical (unpaired) electrons. The van der Waals surface area contributed by atoms with E-state index in [0.29, 0.717) is 6.29 Å². The minimum atomic E-state index is -2.98. The van der Waals surface area contributed by atoms with Gasteiger partial charge in [0.1, 0.15) is 5.30 Å². The van der Waals surface area contributed by atoms with Crippen molar-refractivity contribution >= 4 is 19.3 Å². The Morgan fingerprint density at radius 1 is 1.43 bits per heavy atom. The van der Waals surface area contributed by atoms with Gasteiger partial charge in [-0.3, -0.25) is 4.79 Å².